The highest BCUT2D eigenvalue weighted by Gasteiger charge is 2.33. The molecular formula is C17H26ClNO. The highest BCUT2D eigenvalue weighted by atomic mass is 35.5. The van der Waals surface area contributed by atoms with Crippen LogP contribution in [0.4, 0.5) is 0 Å². The fourth-order valence-electron chi connectivity index (χ4n) is 3.30. The Morgan fingerprint density at radius 3 is 2.40 bits per heavy atom. The van der Waals surface area contributed by atoms with Crippen LogP contribution in [-0.2, 0) is 11.3 Å². The SMILES string of the molecule is Cc1cc(C)c(CN2CC(CCl)OC(C)(C)C2)c(C)c1. The molecule has 3 heteroatoms. The number of benzene rings is 1. The highest BCUT2D eigenvalue weighted by Crippen LogP contribution is 2.25. The van der Waals surface area contributed by atoms with Gasteiger partial charge in [-0.1, -0.05) is 17.7 Å². The topological polar surface area (TPSA) is 12.5 Å². The average molecular weight is 296 g/mol. The largest absolute Gasteiger partial charge is 0.368 e. The molecule has 20 heavy (non-hydrogen) atoms. The lowest BCUT2D eigenvalue weighted by Crippen LogP contribution is -2.52. The molecule has 0 N–H and O–H groups in total. The van der Waals surface area contributed by atoms with Gasteiger partial charge >= 0.3 is 0 Å². The highest BCUT2D eigenvalue weighted by molar-refractivity contribution is 6.18. The van der Waals surface area contributed by atoms with Crippen LogP contribution in [0.25, 0.3) is 0 Å². The van der Waals surface area contributed by atoms with Gasteiger partial charge in [-0.15, -0.1) is 11.6 Å². The minimum Gasteiger partial charge on any atom is -0.368 e. The van der Waals surface area contributed by atoms with Crippen LogP contribution in [0.5, 0.6) is 0 Å². The summed E-state index contributed by atoms with van der Waals surface area (Å²) in [6, 6.07) is 4.54. The molecule has 112 valence electrons. The lowest BCUT2D eigenvalue weighted by molar-refractivity contribution is -0.129. The van der Waals surface area contributed by atoms with Crippen LogP contribution in [0.2, 0.25) is 0 Å². The number of rotatable bonds is 3. The first-order chi connectivity index (χ1) is 9.30. The van der Waals surface area contributed by atoms with Crippen molar-refractivity contribution in [3.63, 3.8) is 0 Å². The van der Waals surface area contributed by atoms with Crippen molar-refractivity contribution in [1.82, 2.24) is 4.90 Å². The second-order valence-corrected chi connectivity index (χ2v) is 7.01. The molecule has 1 aliphatic rings. The molecule has 0 radical (unpaired) electrons. The van der Waals surface area contributed by atoms with E-state index < -0.39 is 0 Å². The van der Waals surface area contributed by atoms with Crippen molar-refractivity contribution < 1.29 is 4.74 Å². The number of aryl methyl sites for hydroxylation is 3. The maximum atomic E-state index is 6.01. The number of hydrogen-bond acceptors (Lipinski definition) is 2. The van der Waals surface area contributed by atoms with Crippen molar-refractivity contribution in [3.8, 4) is 0 Å². The summed E-state index contributed by atoms with van der Waals surface area (Å²) < 4.78 is 6.00. The zero-order valence-corrected chi connectivity index (χ0v) is 14.0. The standard InChI is InChI=1S/C17H26ClNO/c1-12-6-13(2)16(14(3)7-12)10-19-9-15(8-18)20-17(4,5)11-19/h6-7,15H,8-11H2,1-5H3. The second kappa shape index (κ2) is 6.05. The molecule has 0 aliphatic carbocycles. The summed E-state index contributed by atoms with van der Waals surface area (Å²) >= 11 is 6.01. The zero-order chi connectivity index (χ0) is 14.9. The van der Waals surface area contributed by atoms with Gasteiger partial charge in [0.15, 0.2) is 0 Å². The summed E-state index contributed by atoms with van der Waals surface area (Å²) in [4.78, 5) is 2.47. The van der Waals surface area contributed by atoms with Crippen LogP contribution >= 0.6 is 11.6 Å². The summed E-state index contributed by atoms with van der Waals surface area (Å²) in [6.45, 7) is 13.7. The van der Waals surface area contributed by atoms with Gasteiger partial charge in [-0.05, 0) is 51.3 Å². The van der Waals surface area contributed by atoms with E-state index in [2.05, 4.69) is 51.7 Å². The average Bonchev–Trinajstić information content (AvgIpc) is 2.31. The van der Waals surface area contributed by atoms with Gasteiger partial charge in [-0.2, -0.15) is 0 Å². The van der Waals surface area contributed by atoms with Crippen LogP contribution in [-0.4, -0.2) is 35.6 Å². The molecule has 0 amide bonds. The summed E-state index contributed by atoms with van der Waals surface area (Å²) in [7, 11) is 0. The monoisotopic (exact) mass is 295 g/mol. The van der Waals surface area contributed by atoms with Gasteiger partial charge in [0.1, 0.15) is 0 Å². The third kappa shape index (κ3) is 3.75. The van der Waals surface area contributed by atoms with Gasteiger partial charge in [-0.3, -0.25) is 4.90 Å². The van der Waals surface area contributed by atoms with Crippen molar-refractivity contribution in [2.75, 3.05) is 19.0 Å². The predicted octanol–water partition coefficient (Wildman–Crippen LogP) is 3.83. The van der Waals surface area contributed by atoms with Crippen molar-refractivity contribution in [3.05, 3.63) is 34.4 Å². The molecular weight excluding hydrogens is 270 g/mol. The molecule has 0 aromatic heterocycles. The van der Waals surface area contributed by atoms with E-state index in [1.807, 2.05) is 0 Å². The third-order valence-corrected chi connectivity index (χ3v) is 4.29. The molecule has 1 aliphatic heterocycles. The van der Waals surface area contributed by atoms with Gasteiger partial charge in [0.05, 0.1) is 11.7 Å². The van der Waals surface area contributed by atoms with Crippen LogP contribution in [0.15, 0.2) is 12.1 Å². The molecule has 0 saturated carbocycles. The van der Waals surface area contributed by atoms with E-state index in [9.17, 15) is 0 Å². The Kier molecular flexibility index (Phi) is 4.78. The molecule has 1 saturated heterocycles. The number of halogens is 1. The molecule has 2 nitrogen and oxygen atoms in total. The van der Waals surface area contributed by atoms with Crippen LogP contribution in [0.3, 0.4) is 0 Å². The fourth-order valence-corrected chi connectivity index (χ4v) is 3.46. The van der Waals surface area contributed by atoms with Crippen LogP contribution < -0.4 is 0 Å². The molecule has 1 unspecified atom stereocenters. The molecule has 1 aromatic rings. The van der Waals surface area contributed by atoms with E-state index in [0.29, 0.717) is 5.88 Å². The Balaban J connectivity index is 2.17. The Morgan fingerprint density at radius 2 is 1.85 bits per heavy atom. The molecule has 0 bridgehead atoms. The lowest BCUT2D eigenvalue weighted by Gasteiger charge is -2.42. The lowest BCUT2D eigenvalue weighted by atomic mass is 9.98. The fraction of sp³-hybridized carbons (Fsp3) is 0.647. The summed E-state index contributed by atoms with van der Waals surface area (Å²) in [5, 5.41) is 0. The zero-order valence-electron chi connectivity index (χ0n) is 13.3. The number of morpholine rings is 1. The van der Waals surface area contributed by atoms with E-state index in [1.54, 1.807) is 0 Å². The van der Waals surface area contributed by atoms with Crippen LogP contribution in [0, 0.1) is 20.8 Å². The summed E-state index contributed by atoms with van der Waals surface area (Å²) in [5.41, 5.74) is 5.43. The first-order valence-electron chi connectivity index (χ1n) is 7.33. The molecule has 2 rings (SSSR count). The van der Waals surface area contributed by atoms with Crippen molar-refractivity contribution in [2.24, 2.45) is 0 Å². The van der Waals surface area contributed by atoms with Crippen molar-refractivity contribution in [2.45, 2.75) is 52.9 Å². The van der Waals surface area contributed by atoms with Gasteiger partial charge in [0.2, 0.25) is 0 Å². The van der Waals surface area contributed by atoms with E-state index >= 15 is 0 Å². The first-order valence-corrected chi connectivity index (χ1v) is 7.87. The summed E-state index contributed by atoms with van der Waals surface area (Å²) in [6.07, 6.45) is 0.131. The number of alkyl halides is 1. The minimum absolute atomic E-state index is 0.121. The minimum atomic E-state index is -0.121. The predicted molar refractivity (Wildman–Crippen MR) is 85.6 cm³/mol. The maximum absolute atomic E-state index is 6.01. The quantitative estimate of drug-likeness (QED) is 0.786. The number of nitrogens with zero attached hydrogens (tertiary/aromatic N) is 1. The third-order valence-electron chi connectivity index (χ3n) is 3.95. The Morgan fingerprint density at radius 1 is 1.25 bits per heavy atom. The van der Waals surface area contributed by atoms with E-state index in [0.717, 1.165) is 19.6 Å². The number of hydrogen-bond donors (Lipinski definition) is 0. The van der Waals surface area contributed by atoms with Crippen LogP contribution in [0.1, 0.15) is 36.1 Å². The van der Waals surface area contributed by atoms with Crippen molar-refractivity contribution >= 4 is 11.6 Å². The Labute approximate surface area is 128 Å². The number of ether oxygens (including phenoxy) is 1. The smallest absolute Gasteiger partial charge is 0.0845 e. The maximum Gasteiger partial charge on any atom is 0.0845 e. The summed E-state index contributed by atoms with van der Waals surface area (Å²) in [5.74, 6) is 0.561. The molecule has 1 fully saturated rings. The normalized spacial score (nSPS) is 23.0. The Hall–Kier alpha value is -0.570. The van der Waals surface area contributed by atoms with Gasteiger partial charge in [0.25, 0.3) is 0 Å². The van der Waals surface area contributed by atoms with E-state index in [4.69, 9.17) is 16.3 Å². The van der Waals surface area contributed by atoms with Gasteiger partial charge < -0.3 is 4.74 Å². The van der Waals surface area contributed by atoms with E-state index in [-0.39, 0.29) is 11.7 Å². The second-order valence-electron chi connectivity index (χ2n) is 6.70. The van der Waals surface area contributed by atoms with Gasteiger partial charge in [-0.25, -0.2) is 0 Å². The van der Waals surface area contributed by atoms with E-state index in [1.165, 1.54) is 22.3 Å². The van der Waals surface area contributed by atoms with Crippen molar-refractivity contribution in [1.29, 1.82) is 0 Å². The molecule has 1 heterocycles. The molecule has 1 aromatic carbocycles. The first kappa shape index (κ1) is 15.8. The molecule has 1 atom stereocenters. The van der Waals surface area contributed by atoms with Gasteiger partial charge in [0, 0.05) is 25.5 Å². The Bertz CT molecular complexity index is 461. The molecule has 0 spiro atoms.